The number of nitrogens with zero attached hydrogens (tertiary/aromatic N) is 2. The van der Waals surface area contributed by atoms with Gasteiger partial charge in [-0.1, -0.05) is 90.4 Å². The van der Waals surface area contributed by atoms with Crippen LogP contribution in [0.3, 0.4) is 0 Å². The van der Waals surface area contributed by atoms with E-state index in [1.807, 2.05) is 6.20 Å². The molecule has 4 nitrogen and oxygen atoms in total. The van der Waals surface area contributed by atoms with Gasteiger partial charge in [0.2, 0.25) is 0 Å². The number of aromatic nitrogens is 2. The third-order valence-electron chi connectivity index (χ3n) is 7.43. The highest BCUT2D eigenvalue weighted by molar-refractivity contribution is 5.88. The molecule has 0 saturated heterocycles. The van der Waals surface area contributed by atoms with E-state index in [-0.39, 0.29) is 5.97 Å². The summed E-state index contributed by atoms with van der Waals surface area (Å²) in [6.07, 6.45) is 22.3. The van der Waals surface area contributed by atoms with Gasteiger partial charge in [-0.05, 0) is 25.2 Å². The molecule has 30 heavy (non-hydrogen) atoms. The Morgan fingerprint density at radius 1 is 0.833 bits per heavy atom. The normalized spacial score (nSPS) is 25.5. The third kappa shape index (κ3) is 6.52. The lowest BCUT2D eigenvalue weighted by Gasteiger charge is -2.25. The lowest BCUT2D eigenvalue weighted by Crippen LogP contribution is -2.20. The van der Waals surface area contributed by atoms with E-state index in [9.17, 15) is 4.79 Å². The van der Waals surface area contributed by atoms with Crippen LogP contribution in [0.5, 0.6) is 0 Å². The molecule has 3 rings (SSSR count). The van der Waals surface area contributed by atoms with Gasteiger partial charge in [-0.3, -0.25) is 4.98 Å². The molecule has 0 aliphatic heterocycles. The molecule has 0 radical (unpaired) electrons. The first kappa shape index (κ1) is 23.2. The molecule has 2 atom stereocenters. The van der Waals surface area contributed by atoms with Gasteiger partial charge >= 0.3 is 5.97 Å². The van der Waals surface area contributed by atoms with Crippen LogP contribution in [0, 0.1) is 5.92 Å². The van der Waals surface area contributed by atoms with Gasteiger partial charge in [0.1, 0.15) is 0 Å². The molecule has 2 fully saturated rings. The largest absolute Gasteiger partial charge is 0.464 e. The molecule has 0 spiro atoms. The van der Waals surface area contributed by atoms with Gasteiger partial charge < -0.3 is 4.74 Å². The number of carbonyl (C=O) groups is 1. The van der Waals surface area contributed by atoms with Crippen LogP contribution in [0.4, 0.5) is 0 Å². The Kier molecular flexibility index (Phi) is 9.61. The average molecular weight is 415 g/mol. The van der Waals surface area contributed by atoms with Crippen molar-refractivity contribution in [2.24, 2.45) is 5.92 Å². The molecule has 2 aliphatic rings. The van der Waals surface area contributed by atoms with Crippen LogP contribution in [0.25, 0.3) is 0 Å². The Balaban J connectivity index is 1.87. The summed E-state index contributed by atoms with van der Waals surface area (Å²) in [5.74, 6) is 0.945. The molecule has 0 N–H and O–H groups in total. The fraction of sp³-hybridized carbons (Fsp3) is 0.808. The Morgan fingerprint density at radius 2 is 1.37 bits per heavy atom. The summed E-state index contributed by atoms with van der Waals surface area (Å²) in [6, 6.07) is 0. The third-order valence-corrected chi connectivity index (χ3v) is 7.43. The van der Waals surface area contributed by atoms with Crippen LogP contribution in [0.2, 0.25) is 0 Å². The fourth-order valence-electron chi connectivity index (χ4n) is 5.49. The maximum absolute atomic E-state index is 12.7. The van der Waals surface area contributed by atoms with Crippen LogP contribution >= 0.6 is 0 Å². The molecule has 2 aliphatic carbocycles. The van der Waals surface area contributed by atoms with E-state index in [0.29, 0.717) is 23.4 Å². The van der Waals surface area contributed by atoms with E-state index < -0.39 is 0 Å². The zero-order valence-corrected chi connectivity index (χ0v) is 19.3. The summed E-state index contributed by atoms with van der Waals surface area (Å²) in [7, 11) is 1.47. The van der Waals surface area contributed by atoms with Crippen LogP contribution in [-0.2, 0) is 4.74 Å². The number of rotatable bonds is 3. The Hall–Kier alpha value is -1.45. The van der Waals surface area contributed by atoms with Crippen LogP contribution in [0.1, 0.15) is 143 Å². The minimum absolute atomic E-state index is 0.308. The monoisotopic (exact) mass is 414 g/mol. The molecule has 2 saturated carbocycles. The first-order valence-corrected chi connectivity index (χ1v) is 12.7. The van der Waals surface area contributed by atoms with Crippen molar-refractivity contribution in [3.05, 3.63) is 23.3 Å². The standard InChI is InChI=1S/C26H42N2O2/c1-20-15-11-7-6-10-14-18-22(20)24-25(26(29)30-2)28-23(19-27-24)21-16-12-8-4-3-5-9-13-17-21/h19-22H,3-18H2,1-2H3. The average Bonchev–Trinajstić information content (AvgIpc) is 2.88. The van der Waals surface area contributed by atoms with Crippen molar-refractivity contribution in [3.63, 3.8) is 0 Å². The Morgan fingerprint density at radius 3 is 1.97 bits per heavy atom. The second-order valence-electron chi connectivity index (χ2n) is 9.70. The highest BCUT2D eigenvalue weighted by Crippen LogP contribution is 2.36. The van der Waals surface area contributed by atoms with Crippen molar-refractivity contribution < 1.29 is 9.53 Å². The summed E-state index contributed by atoms with van der Waals surface area (Å²) >= 11 is 0. The highest BCUT2D eigenvalue weighted by atomic mass is 16.5. The lowest BCUT2D eigenvalue weighted by atomic mass is 9.83. The van der Waals surface area contributed by atoms with Crippen LogP contribution in [0.15, 0.2) is 6.20 Å². The minimum Gasteiger partial charge on any atom is -0.464 e. The minimum atomic E-state index is -0.314. The second kappa shape index (κ2) is 12.4. The molecular weight excluding hydrogens is 372 g/mol. The van der Waals surface area contributed by atoms with Crippen LogP contribution < -0.4 is 0 Å². The number of ether oxygens (including phenoxy) is 1. The summed E-state index contributed by atoms with van der Waals surface area (Å²) in [6.45, 7) is 2.33. The van der Waals surface area contributed by atoms with Crippen molar-refractivity contribution in [1.29, 1.82) is 0 Å². The number of methoxy groups -OCH3 is 1. The molecule has 1 aromatic rings. The zero-order chi connectivity index (χ0) is 21.2. The molecule has 0 amide bonds. The number of esters is 1. The second-order valence-corrected chi connectivity index (χ2v) is 9.70. The Labute approximate surface area is 183 Å². The van der Waals surface area contributed by atoms with E-state index >= 15 is 0 Å². The fourth-order valence-corrected chi connectivity index (χ4v) is 5.49. The number of hydrogen-bond donors (Lipinski definition) is 0. The van der Waals surface area contributed by atoms with Crippen molar-refractivity contribution in [3.8, 4) is 0 Å². The predicted molar refractivity (Wildman–Crippen MR) is 122 cm³/mol. The van der Waals surface area contributed by atoms with Crippen LogP contribution in [-0.4, -0.2) is 23.0 Å². The molecule has 1 aromatic heterocycles. The summed E-state index contributed by atoms with van der Waals surface area (Å²) in [5, 5.41) is 0. The molecule has 2 unspecified atom stereocenters. The van der Waals surface area contributed by atoms with Gasteiger partial charge in [0, 0.05) is 18.0 Å². The van der Waals surface area contributed by atoms with E-state index in [4.69, 9.17) is 14.7 Å². The Bertz CT molecular complexity index is 650. The summed E-state index contributed by atoms with van der Waals surface area (Å²) in [5.41, 5.74) is 2.39. The molecule has 168 valence electrons. The number of hydrogen-bond acceptors (Lipinski definition) is 4. The van der Waals surface area contributed by atoms with E-state index in [1.165, 1.54) is 90.6 Å². The first-order valence-electron chi connectivity index (χ1n) is 12.7. The zero-order valence-electron chi connectivity index (χ0n) is 19.3. The summed E-state index contributed by atoms with van der Waals surface area (Å²) < 4.78 is 5.17. The van der Waals surface area contributed by atoms with E-state index in [1.54, 1.807) is 0 Å². The predicted octanol–water partition coefficient (Wildman–Crippen LogP) is 7.34. The molecule has 1 heterocycles. The maximum atomic E-state index is 12.7. The summed E-state index contributed by atoms with van der Waals surface area (Å²) in [4.78, 5) is 22.6. The van der Waals surface area contributed by atoms with Crippen molar-refractivity contribution in [2.75, 3.05) is 7.11 Å². The van der Waals surface area contributed by atoms with Gasteiger partial charge in [-0.2, -0.15) is 0 Å². The topological polar surface area (TPSA) is 52.1 Å². The van der Waals surface area contributed by atoms with E-state index in [2.05, 4.69) is 6.92 Å². The highest BCUT2D eigenvalue weighted by Gasteiger charge is 2.29. The van der Waals surface area contributed by atoms with Gasteiger partial charge in [-0.15, -0.1) is 0 Å². The van der Waals surface area contributed by atoms with Crippen molar-refractivity contribution in [1.82, 2.24) is 9.97 Å². The maximum Gasteiger partial charge on any atom is 0.358 e. The van der Waals surface area contributed by atoms with Gasteiger partial charge in [0.25, 0.3) is 0 Å². The van der Waals surface area contributed by atoms with E-state index in [0.717, 1.165) is 30.7 Å². The SMILES string of the molecule is COC(=O)c1nc(C2CCCCCCCCC2)cnc1C1CCCCCCCC1C. The molecular formula is C26H42N2O2. The van der Waals surface area contributed by atoms with Gasteiger partial charge in [0.05, 0.1) is 18.5 Å². The number of carbonyl (C=O) groups excluding carboxylic acids is 1. The lowest BCUT2D eigenvalue weighted by molar-refractivity contribution is 0.0590. The van der Waals surface area contributed by atoms with Crippen molar-refractivity contribution >= 4 is 5.97 Å². The van der Waals surface area contributed by atoms with Crippen molar-refractivity contribution in [2.45, 2.75) is 121 Å². The quantitative estimate of drug-likeness (QED) is 0.486. The van der Waals surface area contributed by atoms with Gasteiger partial charge in [-0.25, -0.2) is 9.78 Å². The smallest absolute Gasteiger partial charge is 0.358 e. The van der Waals surface area contributed by atoms with Gasteiger partial charge in [0.15, 0.2) is 5.69 Å². The molecule has 0 aromatic carbocycles. The molecule has 4 heteroatoms. The first-order chi connectivity index (χ1) is 14.7. The molecule has 0 bridgehead atoms.